The van der Waals surface area contributed by atoms with Crippen LogP contribution < -0.4 is 9.47 Å². The summed E-state index contributed by atoms with van der Waals surface area (Å²) in [5.41, 5.74) is 4.41. The first-order valence-corrected chi connectivity index (χ1v) is 13.0. The number of allylic oxidation sites excluding steroid dienone is 1. The number of ether oxygens (including phenoxy) is 3. The summed E-state index contributed by atoms with van der Waals surface area (Å²) in [6, 6.07) is 9.83. The summed E-state index contributed by atoms with van der Waals surface area (Å²) in [6.45, 7) is 17.1. The molecule has 0 amide bonds. The van der Waals surface area contributed by atoms with Gasteiger partial charge in [-0.05, 0) is 92.2 Å². The molecular weight excluding hydrogens is 436 g/mol. The molecular formula is C31H44O4. The minimum Gasteiger partial charge on any atom is -0.504 e. The summed E-state index contributed by atoms with van der Waals surface area (Å²) in [6.07, 6.45) is 5.88. The number of aromatic hydroxyl groups is 1. The van der Waals surface area contributed by atoms with E-state index in [1.54, 1.807) is 13.2 Å². The van der Waals surface area contributed by atoms with Gasteiger partial charge < -0.3 is 19.3 Å². The van der Waals surface area contributed by atoms with Crippen molar-refractivity contribution in [3.63, 3.8) is 0 Å². The van der Waals surface area contributed by atoms with Gasteiger partial charge in [0.15, 0.2) is 11.5 Å². The Kier molecular flexibility index (Phi) is 9.29. The minimum absolute atomic E-state index is 0.124. The van der Waals surface area contributed by atoms with Gasteiger partial charge in [-0.3, -0.25) is 0 Å². The molecule has 1 aliphatic rings. The Morgan fingerprint density at radius 2 is 1.77 bits per heavy atom. The van der Waals surface area contributed by atoms with Crippen LogP contribution in [0.15, 0.2) is 43.0 Å². The number of methoxy groups -OCH3 is 1. The summed E-state index contributed by atoms with van der Waals surface area (Å²) in [4.78, 5) is 0. The molecule has 3 rings (SSSR count). The summed E-state index contributed by atoms with van der Waals surface area (Å²) < 4.78 is 19.0. The zero-order chi connectivity index (χ0) is 25.7. The average Bonchev–Trinajstić information content (AvgIpc) is 2.80. The summed E-state index contributed by atoms with van der Waals surface area (Å²) >= 11 is 0. The topological polar surface area (TPSA) is 47.9 Å². The quantitative estimate of drug-likeness (QED) is 0.353. The minimum atomic E-state index is -0.298. The molecule has 1 fully saturated rings. The third kappa shape index (κ3) is 6.61. The van der Waals surface area contributed by atoms with Gasteiger partial charge in [-0.25, -0.2) is 0 Å². The lowest BCUT2D eigenvalue weighted by Gasteiger charge is -2.40. The average molecular weight is 481 g/mol. The Balaban J connectivity index is 1.95. The van der Waals surface area contributed by atoms with Gasteiger partial charge in [0.2, 0.25) is 0 Å². The summed E-state index contributed by atoms with van der Waals surface area (Å²) in [7, 11) is 1.57. The second kappa shape index (κ2) is 12.0. The van der Waals surface area contributed by atoms with Gasteiger partial charge in [0, 0.05) is 0 Å². The number of aryl methyl sites for hydroxylation is 2. The van der Waals surface area contributed by atoms with E-state index in [-0.39, 0.29) is 24.1 Å². The zero-order valence-corrected chi connectivity index (χ0v) is 22.6. The Hall–Kier alpha value is -2.46. The molecule has 0 saturated heterocycles. The maximum absolute atomic E-state index is 10.2. The van der Waals surface area contributed by atoms with Crippen molar-refractivity contribution in [2.75, 3.05) is 7.11 Å². The van der Waals surface area contributed by atoms with E-state index in [4.69, 9.17) is 14.2 Å². The van der Waals surface area contributed by atoms with Crippen LogP contribution in [0.3, 0.4) is 0 Å². The van der Waals surface area contributed by atoms with Gasteiger partial charge in [-0.2, -0.15) is 0 Å². The van der Waals surface area contributed by atoms with Crippen LogP contribution in [0.5, 0.6) is 17.2 Å². The van der Waals surface area contributed by atoms with Gasteiger partial charge in [-0.1, -0.05) is 51.5 Å². The Bertz CT molecular complexity index is 972. The van der Waals surface area contributed by atoms with E-state index in [2.05, 4.69) is 60.3 Å². The Morgan fingerprint density at radius 3 is 2.37 bits per heavy atom. The second-order valence-electron chi connectivity index (χ2n) is 10.7. The molecule has 0 aromatic heterocycles. The highest BCUT2D eigenvalue weighted by Gasteiger charge is 2.36. The highest BCUT2D eigenvalue weighted by Crippen LogP contribution is 2.41. The summed E-state index contributed by atoms with van der Waals surface area (Å²) in [5.74, 6) is 3.19. The Labute approximate surface area is 212 Å². The van der Waals surface area contributed by atoms with Gasteiger partial charge in [0.25, 0.3) is 0 Å². The van der Waals surface area contributed by atoms with Gasteiger partial charge in [-0.15, -0.1) is 6.58 Å². The lowest BCUT2D eigenvalue weighted by molar-refractivity contribution is -0.113. The lowest BCUT2D eigenvalue weighted by atomic mass is 9.75. The number of phenols is 1. The number of benzene rings is 2. The standard InChI is InChI=1S/C31H44O4/c1-9-10-24-16-21(5)30(22(6)17-24)34-23(7)31(25-12-14-27(32)29(18-25)33-8)35-28-15-20(4)11-13-26(28)19(2)3/h9,12,14,16-20,23,26,28,31-32H,1,10-11,13,15H2,2-8H3/t20-,23?,26+,28-,31?/m1/s1. The fraction of sp³-hybridized carbons (Fsp3) is 0.548. The molecule has 192 valence electrons. The van der Waals surface area contributed by atoms with Crippen molar-refractivity contribution in [2.45, 2.75) is 85.5 Å². The molecule has 0 aliphatic heterocycles. The van der Waals surface area contributed by atoms with Crippen LogP contribution in [-0.4, -0.2) is 24.4 Å². The Morgan fingerprint density at radius 1 is 1.09 bits per heavy atom. The molecule has 2 aromatic rings. The number of phenolic OH excluding ortho intramolecular Hbond substituents is 1. The molecule has 1 saturated carbocycles. The van der Waals surface area contributed by atoms with E-state index < -0.39 is 0 Å². The van der Waals surface area contributed by atoms with E-state index in [1.165, 1.54) is 18.4 Å². The van der Waals surface area contributed by atoms with E-state index in [0.717, 1.165) is 35.3 Å². The lowest BCUT2D eigenvalue weighted by Crippen LogP contribution is -2.38. The van der Waals surface area contributed by atoms with Crippen LogP contribution in [0.1, 0.15) is 75.3 Å². The molecule has 0 bridgehead atoms. The highest BCUT2D eigenvalue weighted by atomic mass is 16.5. The van der Waals surface area contributed by atoms with Crippen molar-refractivity contribution >= 4 is 0 Å². The first-order chi connectivity index (χ1) is 16.6. The monoisotopic (exact) mass is 480 g/mol. The number of hydrogen-bond acceptors (Lipinski definition) is 4. The maximum atomic E-state index is 10.2. The van der Waals surface area contributed by atoms with Crippen molar-refractivity contribution in [1.29, 1.82) is 0 Å². The van der Waals surface area contributed by atoms with Crippen molar-refractivity contribution in [3.05, 3.63) is 65.2 Å². The SMILES string of the molecule is C=CCc1cc(C)c(OC(C)C(O[C@@H]2C[C@H](C)CC[C@H]2C(C)C)c2ccc(O)c(OC)c2)c(C)c1. The largest absolute Gasteiger partial charge is 0.504 e. The van der Waals surface area contributed by atoms with Gasteiger partial charge in [0.1, 0.15) is 18.0 Å². The van der Waals surface area contributed by atoms with Crippen molar-refractivity contribution in [1.82, 2.24) is 0 Å². The van der Waals surface area contributed by atoms with Gasteiger partial charge in [0.05, 0.1) is 13.2 Å². The molecule has 0 heterocycles. The fourth-order valence-corrected chi connectivity index (χ4v) is 5.55. The predicted molar refractivity (Wildman–Crippen MR) is 144 cm³/mol. The van der Waals surface area contributed by atoms with Crippen LogP contribution in [0.2, 0.25) is 0 Å². The molecule has 5 atom stereocenters. The summed E-state index contributed by atoms with van der Waals surface area (Å²) in [5, 5.41) is 10.2. The van der Waals surface area contributed by atoms with Crippen LogP contribution in [0, 0.1) is 31.6 Å². The van der Waals surface area contributed by atoms with Crippen molar-refractivity contribution in [3.8, 4) is 17.2 Å². The fourth-order valence-electron chi connectivity index (χ4n) is 5.55. The first kappa shape index (κ1) is 27.1. The van der Waals surface area contributed by atoms with Crippen LogP contribution >= 0.6 is 0 Å². The van der Waals surface area contributed by atoms with E-state index in [0.29, 0.717) is 23.5 Å². The molecule has 1 aliphatic carbocycles. The van der Waals surface area contributed by atoms with E-state index in [9.17, 15) is 5.11 Å². The first-order valence-electron chi connectivity index (χ1n) is 13.0. The van der Waals surface area contributed by atoms with Crippen molar-refractivity contribution in [2.24, 2.45) is 17.8 Å². The van der Waals surface area contributed by atoms with Crippen molar-refractivity contribution < 1.29 is 19.3 Å². The van der Waals surface area contributed by atoms with Crippen LogP contribution in [0.25, 0.3) is 0 Å². The predicted octanol–water partition coefficient (Wildman–Crippen LogP) is 7.73. The van der Waals surface area contributed by atoms with Crippen LogP contribution in [0.4, 0.5) is 0 Å². The van der Waals surface area contributed by atoms with Gasteiger partial charge >= 0.3 is 0 Å². The van der Waals surface area contributed by atoms with E-state index >= 15 is 0 Å². The normalized spacial score (nSPS) is 22.0. The zero-order valence-electron chi connectivity index (χ0n) is 22.6. The third-order valence-electron chi connectivity index (χ3n) is 7.45. The molecule has 0 spiro atoms. The molecule has 2 unspecified atom stereocenters. The van der Waals surface area contributed by atoms with Crippen LogP contribution in [-0.2, 0) is 11.2 Å². The number of rotatable bonds is 10. The highest BCUT2D eigenvalue weighted by molar-refractivity contribution is 5.45. The van der Waals surface area contributed by atoms with E-state index in [1.807, 2.05) is 18.2 Å². The maximum Gasteiger partial charge on any atom is 0.160 e. The molecule has 35 heavy (non-hydrogen) atoms. The molecule has 4 nitrogen and oxygen atoms in total. The molecule has 2 aromatic carbocycles. The molecule has 0 radical (unpaired) electrons. The smallest absolute Gasteiger partial charge is 0.160 e. The molecule has 1 N–H and O–H groups in total. The molecule has 4 heteroatoms. The third-order valence-corrected chi connectivity index (χ3v) is 7.45. The number of hydrogen-bond donors (Lipinski definition) is 1. The second-order valence-corrected chi connectivity index (χ2v) is 10.7.